The normalized spacial score (nSPS) is 17.7. The SMILES string of the molecule is CCCCCCCCCCCCCCCCCOc1cc([C@@H](CCC)NC(=O)[C@]2(C)CSC(/C(C)=N/O)=N2)oc(=O)c1.CCCCCCCCCCCCCCCCCOc1cc([C@@H](CCC)NC(=O)[C@]2(C)CSC(/C(C)=N\O)=N2)oc(=O)c1. The Balaban J connectivity index is 0.000000440. The Bertz CT molecular complexity index is 2250. The van der Waals surface area contributed by atoms with Crippen LogP contribution in [0, 0.1) is 0 Å². The second-order valence-corrected chi connectivity index (χ2v) is 25.5. The second kappa shape index (κ2) is 43.9. The number of oxime groups is 2. The number of nitrogens with one attached hydrogen (secondary N) is 2. The topological polar surface area (TPSA) is 227 Å². The van der Waals surface area contributed by atoms with Gasteiger partial charge in [0, 0.05) is 23.6 Å². The molecule has 2 aromatic rings. The molecule has 2 aromatic heterocycles. The standard InChI is InChI=1S/2C33H55N3O5S/c2*1-5-7-8-9-10-11-12-13-14-15-16-17-18-19-20-22-40-27-23-29(41-30(37)24-27)28(21-6-2)34-32(38)33(4)25-42-31(35-33)26(3)36-39/h2*23-24,28,39H,5-22,25H2,1-4H3,(H,34,38)/b36-26+;36-26-/t2*28-,33+/m11/s1. The molecule has 2 aliphatic heterocycles. The molecular formula is C66H110N6O10S2. The van der Waals surface area contributed by atoms with Gasteiger partial charge in [-0.2, -0.15) is 0 Å². The lowest BCUT2D eigenvalue weighted by atomic mass is 10.0. The third-order valence-electron chi connectivity index (χ3n) is 15.6. The average molecular weight is 1210 g/mol. The molecule has 0 aromatic carbocycles. The number of carbonyl (C=O) groups is 2. The molecule has 2 amide bonds. The molecule has 0 spiro atoms. The van der Waals surface area contributed by atoms with Gasteiger partial charge >= 0.3 is 11.3 Å². The molecule has 476 valence electrons. The first-order valence-electron chi connectivity index (χ1n) is 32.7. The van der Waals surface area contributed by atoms with E-state index in [0.29, 0.717) is 82.1 Å². The van der Waals surface area contributed by atoms with Gasteiger partial charge in [-0.3, -0.25) is 19.6 Å². The van der Waals surface area contributed by atoms with Crippen LogP contribution in [-0.2, 0) is 9.59 Å². The Morgan fingerprint density at radius 1 is 0.500 bits per heavy atom. The smallest absolute Gasteiger partial charge is 0.339 e. The predicted molar refractivity (Wildman–Crippen MR) is 349 cm³/mol. The molecule has 0 saturated carbocycles. The van der Waals surface area contributed by atoms with Crippen molar-refractivity contribution in [3.63, 3.8) is 0 Å². The number of ether oxygens (including phenoxy) is 2. The lowest BCUT2D eigenvalue weighted by molar-refractivity contribution is -0.126. The van der Waals surface area contributed by atoms with Crippen LogP contribution in [0.15, 0.2) is 63.0 Å². The van der Waals surface area contributed by atoms with Crippen molar-refractivity contribution < 1.29 is 38.3 Å². The van der Waals surface area contributed by atoms with Crippen molar-refractivity contribution >= 4 is 56.8 Å². The number of amides is 2. The molecule has 4 atom stereocenters. The minimum Gasteiger partial charge on any atom is -0.493 e. The Morgan fingerprint density at radius 2 is 0.786 bits per heavy atom. The van der Waals surface area contributed by atoms with Gasteiger partial charge in [0.2, 0.25) is 11.8 Å². The quantitative estimate of drug-likeness (QED) is 0.0210. The molecule has 0 unspecified atom stereocenters. The summed E-state index contributed by atoms with van der Waals surface area (Å²) in [6, 6.07) is 5.22. The van der Waals surface area contributed by atoms with Crippen LogP contribution in [0.5, 0.6) is 11.5 Å². The highest BCUT2D eigenvalue weighted by Gasteiger charge is 2.41. The first-order chi connectivity index (χ1) is 40.6. The van der Waals surface area contributed by atoms with Crippen molar-refractivity contribution in [2.45, 2.75) is 297 Å². The van der Waals surface area contributed by atoms with Crippen molar-refractivity contribution in [2.75, 3.05) is 24.7 Å². The fourth-order valence-corrected chi connectivity index (χ4v) is 12.5. The number of unbranched alkanes of at least 4 members (excludes halogenated alkanes) is 28. The summed E-state index contributed by atoms with van der Waals surface area (Å²) >= 11 is 2.76. The molecular weight excluding hydrogens is 1100 g/mol. The first-order valence-corrected chi connectivity index (χ1v) is 34.6. The first kappa shape index (κ1) is 73.7. The van der Waals surface area contributed by atoms with Crippen LogP contribution < -0.4 is 31.4 Å². The van der Waals surface area contributed by atoms with Gasteiger partial charge in [0.15, 0.2) is 0 Å². The molecule has 18 heteroatoms. The van der Waals surface area contributed by atoms with E-state index in [-0.39, 0.29) is 11.8 Å². The van der Waals surface area contributed by atoms with E-state index in [2.05, 4.69) is 44.8 Å². The monoisotopic (exact) mass is 1210 g/mol. The van der Waals surface area contributed by atoms with Gasteiger partial charge in [-0.05, 0) is 53.4 Å². The van der Waals surface area contributed by atoms with E-state index < -0.39 is 34.4 Å². The molecule has 2 aliphatic rings. The number of hydrogen-bond donors (Lipinski definition) is 4. The molecule has 0 fully saturated rings. The molecule has 0 radical (unpaired) electrons. The summed E-state index contributed by atoms with van der Waals surface area (Å²) in [6.45, 7) is 16.5. The van der Waals surface area contributed by atoms with Crippen molar-refractivity contribution in [1.29, 1.82) is 0 Å². The van der Waals surface area contributed by atoms with Gasteiger partial charge in [0.05, 0.1) is 37.4 Å². The van der Waals surface area contributed by atoms with Gasteiger partial charge in [-0.25, -0.2) is 9.59 Å². The summed E-state index contributed by atoms with van der Waals surface area (Å²) in [5.74, 6) is 2.06. The Kier molecular flexibility index (Phi) is 38.5. The van der Waals surface area contributed by atoms with Crippen molar-refractivity contribution in [3.05, 3.63) is 56.6 Å². The molecule has 4 rings (SSSR count). The van der Waals surface area contributed by atoms with E-state index in [1.807, 2.05) is 13.8 Å². The van der Waals surface area contributed by atoms with Crippen molar-refractivity contribution in [3.8, 4) is 11.5 Å². The molecule has 0 saturated heterocycles. The Morgan fingerprint density at radius 3 is 1.06 bits per heavy atom. The summed E-state index contributed by atoms with van der Waals surface area (Å²) < 4.78 is 22.8. The second-order valence-electron chi connectivity index (χ2n) is 23.6. The average Bonchev–Trinajstić information content (AvgIpc) is 3.53. The molecule has 0 aliphatic carbocycles. The Hall–Kier alpha value is -4.58. The highest BCUT2D eigenvalue weighted by Crippen LogP contribution is 2.33. The minimum absolute atomic E-state index is 0.263. The van der Waals surface area contributed by atoms with Gasteiger partial charge in [0.1, 0.15) is 55.6 Å². The largest absolute Gasteiger partial charge is 0.493 e. The van der Waals surface area contributed by atoms with Crippen LogP contribution in [0.25, 0.3) is 0 Å². The van der Waals surface area contributed by atoms with E-state index in [1.54, 1.807) is 39.8 Å². The van der Waals surface area contributed by atoms with Crippen LogP contribution in [0.3, 0.4) is 0 Å². The van der Waals surface area contributed by atoms with E-state index >= 15 is 0 Å². The number of thioether (sulfide) groups is 2. The number of hydrogen-bond acceptors (Lipinski definition) is 16. The maximum atomic E-state index is 13.2. The van der Waals surface area contributed by atoms with Crippen molar-refractivity contribution in [2.24, 2.45) is 20.3 Å². The van der Waals surface area contributed by atoms with Crippen LogP contribution in [0.2, 0.25) is 0 Å². The summed E-state index contributed by atoms with van der Waals surface area (Å²) in [4.78, 5) is 60.1. The van der Waals surface area contributed by atoms with Crippen molar-refractivity contribution in [1.82, 2.24) is 10.6 Å². The maximum Gasteiger partial charge on any atom is 0.339 e. The molecule has 16 nitrogen and oxygen atoms in total. The summed E-state index contributed by atoms with van der Waals surface area (Å²) in [5.41, 5.74) is -2.22. The predicted octanol–water partition coefficient (Wildman–Crippen LogP) is 17.2. The highest BCUT2D eigenvalue weighted by atomic mass is 32.2. The van der Waals surface area contributed by atoms with E-state index in [0.717, 1.165) is 38.5 Å². The fourth-order valence-electron chi connectivity index (χ4n) is 10.2. The Labute approximate surface area is 513 Å². The van der Waals surface area contributed by atoms with Crippen LogP contribution >= 0.6 is 23.5 Å². The zero-order valence-electron chi connectivity index (χ0n) is 53.1. The fraction of sp³-hybridized carbons (Fsp3) is 0.758. The van der Waals surface area contributed by atoms with E-state index in [4.69, 9.17) is 28.7 Å². The van der Waals surface area contributed by atoms with Crippen LogP contribution in [0.4, 0.5) is 0 Å². The summed E-state index contributed by atoms with van der Waals surface area (Å²) in [7, 11) is 0. The third-order valence-corrected chi connectivity index (χ3v) is 18.3. The third kappa shape index (κ3) is 29.7. The van der Waals surface area contributed by atoms with E-state index in [9.17, 15) is 19.2 Å². The van der Waals surface area contributed by atoms with Gasteiger partial charge in [-0.1, -0.05) is 231 Å². The number of carbonyl (C=O) groups excluding carboxylic acids is 2. The van der Waals surface area contributed by atoms with Gasteiger partial charge in [-0.15, -0.1) is 23.5 Å². The zero-order chi connectivity index (χ0) is 61.3. The summed E-state index contributed by atoms with van der Waals surface area (Å²) in [5, 5.41) is 31.6. The van der Waals surface area contributed by atoms with Gasteiger partial charge in [0.25, 0.3) is 0 Å². The molecule has 4 N–H and O–H groups in total. The number of aliphatic imine (C=N–C) groups is 2. The van der Waals surface area contributed by atoms with Crippen LogP contribution in [-0.4, -0.2) is 79.5 Å². The van der Waals surface area contributed by atoms with Gasteiger partial charge < -0.3 is 39.4 Å². The molecule has 0 bridgehead atoms. The molecule has 84 heavy (non-hydrogen) atoms. The van der Waals surface area contributed by atoms with E-state index in [1.165, 1.54) is 203 Å². The lowest BCUT2D eigenvalue weighted by Gasteiger charge is -2.24. The molecule has 4 heterocycles. The number of nitrogens with zero attached hydrogens (tertiary/aromatic N) is 4. The summed E-state index contributed by atoms with van der Waals surface area (Å²) in [6.07, 6.45) is 42.1. The maximum absolute atomic E-state index is 13.2. The highest BCUT2D eigenvalue weighted by molar-refractivity contribution is 8.16. The van der Waals surface area contributed by atoms with Crippen LogP contribution in [0.1, 0.15) is 297 Å². The zero-order valence-corrected chi connectivity index (χ0v) is 54.7. The number of rotatable bonds is 46. The minimum atomic E-state index is -1.00. The lowest BCUT2D eigenvalue weighted by Crippen LogP contribution is -2.45.